The third kappa shape index (κ3) is 4.65. The van der Waals surface area contributed by atoms with Gasteiger partial charge in [0, 0.05) is 37.4 Å². The Morgan fingerprint density at radius 1 is 0.929 bits per heavy atom. The molecule has 1 amide bonds. The van der Waals surface area contributed by atoms with Crippen LogP contribution in [0.15, 0.2) is 79.0 Å². The van der Waals surface area contributed by atoms with Gasteiger partial charge in [-0.1, -0.05) is 60.7 Å². The Balaban J connectivity index is 1.29. The molecule has 3 aromatic rings. The fourth-order valence-electron chi connectivity index (χ4n) is 3.65. The van der Waals surface area contributed by atoms with Gasteiger partial charge in [-0.15, -0.1) is 0 Å². The van der Waals surface area contributed by atoms with E-state index in [-0.39, 0.29) is 11.9 Å². The molecule has 0 unspecified atom stereocenters. The first-order valence-electron chi connectivity index (χ1n) is 9.86. The van der Waals surface area contributed by atoms with E-state index in [9.17, 15) is 4.79 Å². The molecule has 28 heavy (non-hydrogen) atoms. The van der Waals surface area contributed by atoms with Crippen molar-refractivity contribution in [2.75, 3.05) is 13.1 Å². The number of nitrogens with one attached hydrogen (secondary N) is 1. The molecular formula is C24H25N3O. The fourth-order valence-corrected chi connectivity index (χ4v) is 3.65. The van der Waals surface area contributed by atoms with Crippen molar-refractivity contribution in [1.29, 1.82) is 0 Å². The average molecular weight is 371 g/mol. The molecule has 0 radical (unpaired) electrons. The van der Waals surface area contributed by atoms with Crippen LogP contribution in [0.1, 0.15) is 28.8 Å². The smallest absolute Gasteiger partial charge is 0.253 e. The van der Waals surface area contributed by atoms with Gasteiger partial charge in [-0.25, -0.2) is 0 Å². The first-order chi connectivity index (χ1) is 13.8. The SMILES string of the molecule is O=C(NC1CCN(Cc2ccccc2)CC1)c1ccc(-c2ccccc2)nc1. The van der Waals surface area contributed by atoms with Crippen LogP contribution >= 0.6 is 0 Å². The number of carbonyl (C=O) groups is 1. The second-order valence-electron chi connectivity index (χ2n) is 7.31. The standard InChI is InChI=1S/C24H25N3O/c28-24(21-11-12-23(25-17-21)20-9-5-2-6-10-20)26-22-13-15-27(16-14-22)18-19-7-3-1-4-8-19/h1-12,17,22H,13-16,18H2,(H,26,28). The van der Waals surface area contributed by atoms with Crippen molar-refractivity contribution >= 4 is 5.91 Å². The zero-order valence-electron chi connectivity index (χ0n) is 15.9. The summed E-state index contributed by atoms with van der Waals surface area (Å²) >= 11 is 0. The highest BCUT2D eigenvalue weighted by atomic mass is 16.1. The Kier molecular flexibility index (Phi) is 5.78. The van der Waals surface area contributed by atoms with Crippen molar-refractivity contribution in [3.63, 3.8) is 0 Å². The average Bonchev–Trinajstić information content (AvgIpc) is 2.76. The van der Waals surface area contributed by atoms with Crippen molar-refractivity contribution in [1.82, 2.24) is 15.2 Å². The summed E-state index contributed by atoms with van der Waals surface area (Å²) in [7, 11) is 0. The molecule has 4 rings (SSSR count). The topological polar surface area (TPSA) is 45.2 Å². The Labute approximate surface area is 166 Å². The highest BCUT2D eigenvalue weighted by Crippen LogP contribution is 2.17. The summed E-state index contributed by atoms with van der Waals surface area (Å²) in [4.78, 5) is 19.5. The predicted octanol–water partition coefficient (Wildman–Crippen LogP) is 4.14. The third-order valence-corrected chi connectivity index (χ3v) is 5.27. The van der Waals surface area contributed by atoms with Gasteiger partial charge in [0.25, 0.3) is 5.91 Å². The molecule has 0 saturated carbocycles. The van der Waals surface area contributed by atoms with Crippen molar-refractivity contribution in [3.05, 3.63) is 90.1 Å². The molecule has 1 saturated heterocycles. The third-order valence-electron chi connectivity index (χ3n) is 5.27. The van der Waals surface area contributed by atoms with E-state index < -0.39 is 0 Å². The van der Waals surface area contributed by atoms with Crippen LogP contribution in [0, 0.1) is 0 Å². The minimum absolute atomic E-state index is 0.0337. The Hall–Kier alpha value is -2.98. The van der Waals surface area contributed by atoms with Gasteiger partial charge in [-0.2, -0.15) is 0 Å². The number of likely N-dealkylation sites (tertiary alicyclic amines) is 1. The molecule has 0 bridgehead atoms. The van der Waals surface area contributed by atoms with Crippen molar-refractivity contribution in [2.24, 2.45) is 0 Å². The fraction of sp³-hybridized carbons (Fsp3) is 0.250. The van der Waals surface area contributed by atoms with E-state index in [1.165, 1.54) is 5.56 Å². The van der Waals surface area contributed by atoms with Crippen LogP contribution in [0.3, 0.4) is 0 Å². The zero-order chi connectivity index (χ0) is 19.2. The second-order valence-corrected chi connectivity index (χ2v) is 7.31. The molecule has 2 heterocycles. The van der Waals surface area contributed by atoms with Gasteiger partial charge in [0.1, 0.15) is 0 Å². The summed E-state index contributed by atoms with van der Waals surface area (Å²) in [5.74, 6) is -0.0337. The molecular weight excluding hydrogens is 346 g/mol. The number of amides is 1. The molecule has 2 aromatic carbocycles. The summed E-state index contributed by atoms with van der Waals surface area (Å²) in [5.41, 5.74) is 3.90. The minimum Gasteiger partial charge on any atom is -0.349 e. The number of nitrogens with zero attached hydrogens (tertiary/aromatic N) is 2. The lowest BCUT2D eigenvalue weighted by Gasteiger charge is -2.32. The summed E-state index contributed by atoms with van der Waals surface area (Å²) < 4.78 is 0. The lowest BCUT2D eigenvalue weighted by molar-refractivity contribution is 0.0908. The van der Waals surface area contributed by atoms with Crippen LogP contribution < -0.4 is 5.32 Å². The van der Waals surface area contributed by atoms with Crippen LogP contribution in [0.2, 0.25) is 0 Å². The van der Waals surface area contributed by atoms with Crippen molar-refractivity contribution < 1.29 is 4.79 Å². The van der Waals surface area contributed by atoms with Gasteiger partial charge in [0.15, 0.2) is 0 Å². The van der Waals surface area contributed by atoms with Crippen molar-refractivity contribution in [2.45, 2.75) is 25.4 Å². The summed E-state index contributed by atoms with van der Waals surface area (Å²) in [6, 6.07) is 24.5. The molecule has 1 N–H and O–H groups in total. The molecule has 142 valence electrons. The van der Waals surface area contributed by atoms with E-state index in [1.54, 1.807) is 6.20 Å². The van der Waals surface area contributed by atoms with Crippen LogP contribution in [0.5, 0.6) is 0 Å². The second kappa shape index (κ2) is 8.81. The van der Waals surface area contributed by atoms with Crippen LogP contribution in [0.25, 0.3) is 11.3 Å². The number of benzene rings is 2. The van der Waals surface area contributed by atoms with Gasteiger partial charge in [0.05, 0.1) is 11.3 Å². The maximum atomic E-state index is 12.6. The van der Waals surface area contributed by atoms with Gasteiger partial charge in [-0.05, 0) is 30.5 Å². The monoisotopic (exact) mass is 371 g/mol. The lowest BCUT2D eigenvalue weighted by Crippen LogP contribution is -2.44. The molecule has 1 aromatic heterocycles. The zero-order valence-corrected chi connectivity index (χ0v) is 15.9. The van der Waals surface area contributed by atoms with Gasteiger partial charge < -0.3 is 5.32 Å². The molecule has 4 nitrogen and oxygen atoms in total. The first-order valence-corrected chi connectivity index (χ1v) is 9.86. The molecule has 1 fully saturated rings. The van der Waals surface area contributed by atoms with E-state index >= 15 is 0 Å². The van der Waals surface area contributed by atoms with Crippen molar-refractivity contribution in [3.8, 4) is 11.3 Å². The number of carbonyl (C=O) groups excluding carboxylic acids is 1. The summed E-state index contributed by atoms with van der Waals surface area (Å²) in [6.07, 6.45) is 3.63. The van der Waals surface area contributed by atoms with E-state index in [0.29, 0.717) is 5.56 Å². The van der Waals surface area contributed by atoms with Crippen LogP contribution in [-0.4, -0.2) is 34.9 Å². The number of hydrogen-bond donors (Lipinski definition) is 1. The van der Waals surface area contributed by atoms with Crippen LogP contribution in [0.4, 0.5) is 0 Å². The predicted molar refractivity (Wildman–Crippen MR) is 112 cm³/mol. The number of aromatic nitrogens is 1. The van der Waals surface area contributed by atoms with Gasteiger partial charge in [0.2, 0.25) is 0 Å². The highest BCUT2D eigenvalue weighted by Gasteiger charge is 2.21. The molecule has 4 heteroatoms. The number of hydrogen-bond acceptors (Lipinski definition) is 3. The molecule has 0 aliphatic carbocycles. The Bertz CT molecular complexity index is 886. The van der Waals surface area contributed by atoms with Gasteiger partial charge >= 0.3 is 0 Å². The van der Waals surface area contributed by atoms with Gasteiger partial charge in [-0.3, -0.25) is 14.7 Å². The maximum absolute atomic E-state index is 12.6. The first kappa shape index (κ1) is 18.4. The number of rotatable bonds is 5. The maximum Gasteiger partial charge on any atom is 0.253 e. The summed E-state index contributed by atoms with van der Waals surface area (Å²) in [6.45, 7) is 2.99. The minimum atomic E-state index is -0.0337. The Morgan fingerprint density at radius 2 is 1.61 bits per heavy atom. The molecule has 1 aliphatic heterocycles. The quantitative estimate of drug-likeness (QED) is 0.733. The highest BCUT2D eigenvalue weighted by molar-refractivity contribution is 5.94. The molecule has 1 aliphatic rings. The number of pyridine rings is 1. The number of piperidine rings is 1. The van der Waals surface area contributed by atoms with E-state index in [0.717, 1.165) is 43.7 Å². The van der Waals surface area contributed by atoms with E-state index in [2.05, 4.69) is 39.5 Å². The van der Waals surface area contributed by atoms with E-state index in [4.69, 9.17) is 0 Å². The normalized spacial score (nSPS) is 15.3. The largest absolute Gasteiger partial charge is 0.349 e. The Morgan fingerprint density at radius 3 is 2.25 bits per heavy atom. The summed E-state index contributed by atoms with van der Waals surface area (Å²) in [5, 5.41) is 3.17. The lowest BCUT2D eigenvalue weighted by atomic mass is 10.0. The molecule has 0 atom stereocenters. The van der Waals surface area contributed by atoms with Crippen LogP contribution in [-0.2, 0) is 6.54 Å². The van der Waals surface area contributed by atoms with E-state index in [1.807, 2.05) is 48.5 Å². The molecule has 0 spiro atoms.